The van der Waals surface area contributed by atoms with Crippen molar-refractivity contribution in [1.82, 2.24) is 9.88 Å². The maximum absolute atomic E-state index is 13.4. The normalized spacial score (nSPS) is 22.1. The standard InChI is InChI=1S/C17H19F3N2O/c1-10(22-6-5-16(9-22)3-4-16)12-7-13(17(18,19)20)15-14(8-12)21-11(2)23-15/h7-8,10H,3-6,9H2,1-2H3/t10-/m1/s1. The summed E-state index contributed by atoms with van der Waals surface area (Å²) in [5, 5.41) is 0. The summed E-state index contributed by atoms with van der Waals surface area (Å²) in [4.78, 5) is 6.41. The van der Waals surface area contributed by atoms with Crippen molar-refractivity contribution in [1.29, 1.82) is 0 Å². The van der Waals surface area contributed by atoms with Crippen LogP contribution in [0.2, 0.25) is 0 Å². The van der Waals surface area contributed by atoms with Crippen LogP contribution in [-0.2, 0) is 6.18 Å². The summed E-state index contributed by atoms with van der Waals surface area (Å²) in [6.45, 7) is 5.50. The van der Waals surface area contributed by atoms with Crippen LogP contribution in [-0.4, -0.2) is 23.0 Å². The number of aryl methyl sites for hydroxylation is 1. The zero-order chi connectivity index (χ0) is 16.4. The first-order valence-electron chi connectivity index (χ1n) is 8.00. The van der Waals surface area contributed by atoms with Crippen LogP contribution in [0.15, 0.2) is 16.5 Å². The van der Waals surface area contributed by atoms with E-state index >= 15 is 0 Å². The molecule has 2 heterocycles. The molecule has 1 aliphatic heterocycles. The quantitative estimate of drug-likeness (QED) is 0.802. The van der Waals surface area contributed by atoms with E-state index in [9.17, 15) is 13.2 Å². The van der Waals surface area contributed by atoms with E-state index in [2.05, 4.69) is 9.88 Å². The van der Waals surface area contributed by atoms with Crippen LogP contribution in [0.1, 0.15) is 49.2 Å². The van der Waals surface area contributed by atoms with Crippen LogP contribution in [0.25, 0.3) is 11.1 Å². The molecule has 0 unspecified atom stereocenters. The SMILES string of the molecule is Cc1nc2cc([C@@H](C)N3CCC4(CC4)C3)cc(C(F)(F)F)c2o1. The van der Waals surface area contributed by atoms with Crippen LogP contribution in [0.5, 0.6) is 0 Å². The Labute approximate surface area is 132 Å². The highest BCUT2D eigenvalue weighted by atomic mass is 19.4. The molecule has 0 bridgehead atoms. The fourth-order valence-electron chi connectivity index (χ4n) is 3.71. The first kappa shape index (κ1) is 15.0. The van der Waals surface area contributed by atoms with E-state index in [4.69, 9.17) is 4.42 Å². The predicted molar refractivity (Wildman–Crippen MR) is 80.0 cm³/mol. The minimum absolute atomic E-state index is 0.0440. The van der Waals surface area contributed by atoms with Gasteiger partial charge in [-0.1, -0.05) is 0 Å². The lowest BCUT2D eigenvalue weighted by Gasteiger charge is -2.25. The summed E-state index contributed by atoms with van der Waals surface area (Å²) in [5.41, 5.74) is 0.523. The van der Waals surface area contributed by atoms with Crippen molar-refractivity contribution in [3.05, 3.63) is 29.2 Å². The second-order valence-corrected chi connectivity index (χ2v) is 7.04. The maximum atomic E-state index is 13.4. The Kier molecular flexibility index (Phi) is 3.08. The molecular weight excluding hydrogens is 305 g/mol. The van der Waals surface area contributed by atoms with Crippen molar-refractivity contribution >= 4 is 11.1 Å². The topological polar surface area (TPSA) is 29.3 Å². The van der Waals surface area contributed by atoms with Crippen molar-refractivity contribution in [3.8, 4) is 0 Å². The van der Waals surface area contributed by atoms with Gasteiger partial charge >= 0.3 is 6.18 Å². The molecule has 1 saturated heterocycles. The second-order valence-electron chi connectivity index (χ2n) is 7.04. The first-order valence-corrected chi connectivity index (χ1v) is 8.00. The summed E-state index contributed by atoms with van der Waals surface area (Å²) in [7, 11) is 0. The van der Waals surface area contributed by atoms with E-state index in [1.54, 1.807) is 13.0 Å². The third kappa shape index (κ3) is 2.53. The molecule has 0 amide bonds. The van der Waals surface area contributed by atoms with Gasteiger partial charge in [0.2, 0.25) is 0 Å². The first-order chi connectivity index (χ1) is 10.8. The highest BCUT2D eigenvalue weighted by Gasteiger charge is 2.48. The van der Waals surface area contributed by atoms with Gasteiger partial charge in [-0.05, 0) is 55.8 Å². The number of halogens is 3. The number of alkyl halides is 3. The van der Waals surface area contributed by atoms with Gasteiger partial charge in [0, 0.05) is 19.5 Å². The van der Waals surface area contributed by atoms with Crippen LogP contribution in [0, 0.1) is 12.3 Å². The van der Waals surface area contributed by atoms with Gasteiger partial charge in [-0.25, -0.2) is 4.98 Å². The minimum atomic E-state index is -4.44. The smallest absolute Gasteiger partial charge is 0.420 e. The van der Waals surface area contributed by atoms with Gasteiger partial charge in [-0.3, -0.25) is 4.90 Å². The van der Waals surface area contributed by atoms with Gasteiger partial charge in [-0.2, -0.15) is 13.2 Å². The van der Waals surface area contributed by atoms with Crippen LogP contribution in [0.4, 0.5) is 13.2 Å². The molecule has 6 heteroatoms. The Morgan fingerprint density at radius 2 is 2.00 bits per heavy atom. The molecule has 1 saturated carbocycles. The Morgan fingerprint density at radius 1 is 1.26 bits per heavy atom. The molecule has 0 radical (unpaired) electrons. The molecule has 2 fully saturated rings. The van der Waals surface area contributed by atoms with E-state index in [0.717, 1.165) is 19.5 Å². The van der Waals surface area contributed by atoms with Gasteiger partial charge < -0.3 is 4.42 Å². The lowest BCUT2D eigenvalue weighted by atomic mass is 10.0. The van der Waals surface area contributed by atoms with E-state index < -0.39 is 11.7 Å². The van der Waals surface area contributed by atoms with Crippen molar-refractivity contribution in [2.45, 2.75) is 45.3 Å². The van der Waals surface area contributed by atoms with E-state index in [-0.39, 0.29) is 17.5 Å². The molecule has 1 aromatic carbocycles. The maximum Gasteiger partial charge on any atom is 0.420 e. The van der Waals surface area contributed by atoms with Crippen LogP contribution in [0.3, 0.4) is 0 Å². The summed E-state index contributed by atoms with van der Waals surface area (Å²) in [5.74, 6) is 0.258. The number of hydrogen-bond donors (Lipinski definition) is 0. The largest absolute Gasteiger partial charge is 0.440 e. The van der Waals surface area contributed by atoms with Gasteiger partial charge in [0.1, 0.15) is 11.1 Å². The van der Waals surface area contributed by atoms with Crippen molar-refractivity contribution in [3.63, 3.8) is 0 Å². The molecular formula is C17H19F3N2O. The van der Waals surface area contributed by atoms with Crippen LogP contribution < -0.4 is 0 Å². The summed E-state index contributed by atoms with van der Waals surface area (Å²) >= 11 is 0. The molecule has 124 valence electrons. The predicted octanol–water partition coefficient (Wildman–Crippen LogP) is 4.70. The molecule has 4 rings (SSSR count). The Morgan fingerprint density at radius 3 is 2.61 bits per heavy atom. The number of rotatable bonds is 2. The minimum Gasteiger partial charge on any atom is -0.440 e. The average Bonchev–Trinajstić information content (AvgIpc) is 2.91. The third-order valence-corrected chi connectivity index (χ3v) is 5.38. The Bertz CT molecular complexity index is 761. The molecule has 3 nitrogen and oxygen atoms in total. The van der Waals surface area contributed by atoms with Crippen molar-refractivity contribution in [2.24, 2.45) is 5.41 Å². The highest BCUT2D eigenvalue weighted by Crippen LogP contribution is 2.54. The fourth-order valence-corrected chi connectivity index (χ4v) is 3.71. The third-order valence-electron chi connectivity index (χ3n) is 5.38. The second kappa shape index (κ2) is 4.72. The summed E-state index contributed by atoms with van der Waals surface area (Å²) in [6, 6.07) is 2.93. The lowest BCUT2D eigenvalue weighted by molar-refractivity contribution is -0.136. The molecule has 0 N–H and O–H groups in total. The molecule has 1 atom stereocenters. The number of aromatic nitrogens is 1. The molecule has 23 heavy (non-hydrogen) atoms. The number of likely N-dealkylation sites (tertiary alicyclic amines) is 1. The van der Waals surface area contributed by atoms with E-state index in [1.807, 2.05) is 6.92 Å². The number of hydrogen-bond acceptors (Lipinski definition) is 3. The number of fused-ring (bicyclic) bond motifs is 1. The van der Waals surface area contributed by atoms with Crippen molar-refractivity contribution in [2.75, 3.05) is 13.1 Å². The van der Waals surface area contributed by atoms with Crippen LogP contribution >= 0.6 is 0 Å². The zero-order valence-corrected chi connectivity index (χ0v) is 13.2. The average molecular weight is 324 g/mol. The van der Waals surface area contributed by atoms with Gasteiger partial charge in [0.15, 0.2) is 11.5 Å². The Balaban J connectivity index is 1.74. The summed E-state index contributed by atoms with van der Waals surface area (Å²) in [6.07, 6.45) is -0.769. The molecule has 1 aliphatic carbocycles. The molecule has 1 aromatic heterocycles. The Hall–Kier alpha value is -1.56. The number of nitrogens with zero attached hydrogens (tertiary/aromatic N) is 2. The monoisotopic (exact) mass is 324 g/mol. The lowest BCUT2D eigenvalue weighted by Crippen LogP contribution is -2.25. The van der Waals surface area contributed by atoms with E-state index in [1.165, 1.54) is 18.9 Å². The number of oxazole rings is 1. The van der Waals surface area contributed by atoms with Gasteiger partial charge in [-0.15, -0.1) is 0 Å². The molecule has 2 aromatic rings. The highest BCUT2D eigenvalue weighted by molar-refractivity contribution is 5.78. The van der Waals surface area contributed by atoms with Gasteiger partial charge in [0.05, 0.1) is 0 Å². The summed E-state index contributed by atoms with van der Waals surface area (Å²) < 4.78 is 45.3. The molecule has 1 spiro atoms. The zero-order valence-electron chi connectivity index (χ0n) is 13.2. The number of benzene rings is 1. The van der Waals surface area contributed by atoms with E-state index in [0.29, 0.717) is 16.5 Å². The van der Waals surface area contributed by atoms with Gasteiger partial charge in [0.25, 0.3) is 0 Å². The van der Waals surface area contributed by atoms with Crippen molar-refractivity contribution < 1.29 is 17.6 Å². The molecule has 2 aliphatic rings. The fraction of sp³-hybridized carbons (Fsp3) is 0.588.